The Balaban J connectivity index is 1.30. The summed E-state index contributed by atoms with van der Waals surface area (Å²) in [4.78, 5) is 70.9. The van der Waals surface area contributed by atoms with E-state index in [0.717, 1.165) is 16.0 Å². The van der Waals surface area contributed by atoms with Crippen LogP contribution >= 0.6 is 11.6 Å². The van der Waals surface area contributed by atoms with E-state index in [1.807, 2.05) is 66.7 Å². The van der Waals surface area contributed by atoms with Crippen LogP contribution in [0.2, 0.25) is 5.02 Å². The Morgan fingerprint density at radius 1 is 0.574 bits per heavy atom. The van der Waals surface area contributed by atoms with E-state index in [2.05, 4.69) is 5.32 Å². The summed E-state index contributed by atoms with van der Waals surface area (Å²) in [6.45, 7) is 0.0609. The Hall–Kier alpha value is -7.84. The number of aliphatic carboxylic acids is 1. The Morgan fingerprint density at radius 2 is 1.07 bits per heavy atom. The minimum absolute atomic E-state index is 0.0122. The smallest absolute Gasteiger partial charge is 0.493 e. The number of hydrogen-bond donors (Lipinski definition) is 2. The van der Waals surface area contributed by atoms with Gasteiger partial charge in [-0.25, -0.2) is 14.4 Å². The molecule has 0 unspecified atom stereocenters. The lowest BCUT2D eigenvalue weighted by molar-refractivity contribution is -0.153. The second-order valence-corrected chi connectivity index (χ2v) is 16.1. The molecule has 3 amide bonds. The number of benzene rings is 6. The van der Waals surface area contributed by atoms with Gasteiger partial charge in [0.25, 0.3) is 0 Å². The molecule has 6 aromatic rings. The standard InChI is InChI=1S/C53H52ClN3O11/c1-56(49(58)43(55-52(62)66-34-39-20-12-6-13-21-39)30-37-24-27-42(28-25-37)68-53(63)67-35-40-22-14-7-15-23-40)44(50(59)57(2)45(51(60)61)31-36-16-8-4-9-17-36)32-41-26-29-46(64-3)48(47(41)54)65-33-38-18-10-5-11-19-38/h4-29,43-45H,30-35H2,1-3H3,(H,55,62)(H,60,61)/t43-,44+,45+/m1/s1. The molecule has 0 spiro atoms. The maximum Gasteiger partial charge on any atom is 0.514 e. The van der Waals surface area contributed by atoms with E-state index in [0.29, 0.717) is 28.0 Å². The van der Waals surface area contributed by atoms with Crippen molar-refractivity contribution in [3.05, 3.63) is 196 Å². The highest BCUT2D eigenvalue weighted by atomic mass is 35.5. The first-order valence-electron chi connectivity index (χ1n) is 21.7. The van der Waals surface area contributed by atoms with Gasteiger partial charge < -0.3 is 43.9 Å². The second kappa shape index (κ2) is 24.6. The number of ether oxygens (including phenoxy) is 5. The van der Waals surface area contributed by atoms with Crippen LogP contribution in [0.15, 0.2) is 158 Å². The molecule has 0 aromatic heterocycles. The average Bonchev–Trinajstić information content (AvgIpc) is 3.36. The minimum atomic E-state index is -1.37. The summed E-state index contributed by atoms with van der Waals surface area (Å²) >= 11 is 7.07. The number of rotatable bonds is 21. The van der Waals surface area contributed by atoms with Gasteiger partial charge in [0.1, 0.15) is 43.7 Å². The Bertz CT molecular complexity index is 2600. The largest absolute Gasteiger partial charge is 0.514 e. The van der Waals surface area contributed by atoms with Gasteiger partial charge in [-0.2, -0.15) is 0 Å². The number of nitrogens with zero attached hydrogens (tertiary/aromatic N) is 2. The molecule has 0 aliphatic rings. The first-order valence-corrected chi connectivity index (χ1v) is 22.0. The van der Waals surface area contributed by atoms with Gasteiger partial charge in [0.15, 0.2) is 11.5 Å². The second-order valence-electron chi connectivity index (χ2n) is 15.7. The number of amides is 3. The van der Waals surface area contributed by atoms with Crippen LogP contribution in [-0.4, -0.2) is 84.3 Å². The molecule has 0 bridgehead atoms. The molecule has 6 aromatic carbocycles. The third-order valence-electron chi connectivity index (χ3n) is 11.0. The van der Waals surface area contributed by atoms with E-state index in [1.165, 1.54) is 38.2 Å². The predicted octanol–water partition coefficient (Wildman–Crippen LogP) is 8.70. The van der Waals surface area contributed by atoms with E-state index < -0.39 is 48.2 Å². The van der Waals surface area contributed by atoms with Gasteiger partial charge in [0, 0.05) is 33.4 Å². The van der Waals surface area contributed by atoms with Gasteiger partial charge in [-0.3, -0.25) is 9.59 Å². The van der Waals surface area contributed by atoms with Crippen LogP contribution in [-0.2, 0) is 62.9 Å². The van der Waals surface area contributed by atoms with Crippen molar-refractivity contribution in [3.63, 3.8) is 0 Å². The van der Waals surface area contributed by atoms with E-state index in [1.54, 1.807) is 78.9 Å². The van der Waals surface area contributed by atoms with Crippen LogP contribution in [0.1, 0.15) is 33.4 Å². The molecule has 3 atom stereocenters. The zero-order valence-electron chi connectivity index (χ0n) is 37.8. The van der Waals surface area contributed by atoms with Crippen molar-refractivity contribution in [1.82, 2.24) is 15.1 Å². The monoisotopic (exact) mass is 941 g/mol. The van der Waals surface area contributed by atoms with Crippen molar-refractivity contribution in [2.24, 2.45) is 0 Å². The fraction of sp³-hybridized carbons (Fsp3) is 0.226. The molecule has 0 fully saturated rings. The van der Waals surface area contributed by atoms with Gasteiger partial charge in [0.2, 0.25) is 11.8 Å². The summed E-state index contributed by atoms with van der Waals surface area (Å²) in [5, 5.41) is 13.3. The molecular weight excluding hydrogens is 890 g/mol. The number of alkyl carbamates (subject to hydrolysis) is 1. The Kier molecular flexibility index (Phi) is 18.0. The fourth-order valence-electron chi connectivity index (χ4n) is 7.25. The highest BCUT2D eigenvalue weighted by Gasteiger charge is 2.38. The van der Waals surface area contributed by atoms with Gasteiger partial charge >= 0.3 is 18.2 Å². The van der Waals surface area contributed by atoms with Crippen molar-refractivity contribution >= 4 is 41.6 Å². The molecule has 2 N–H and O–H groups in total. The molecule has 0 saturated heterocycles. The third-order valence-corrected chi connectivity index (χ3v) is 11.5. The fourth-order valence-corrected chi connectivity index (χ4v) is 7.54. The normalized spacial score (nSPS) is 12.1. The molecule has 0 aliphatic heterocycles. The molecule has 0 saturated carbocycles. The van der Waals surface area contributed by atoms with E-state index in [-0.39, 0.29) is 55.6 Å². The van der Waals surface area contributed by atoms with Crippen molar-refractivity contribution in [2.75, 3.05) is 21.2 Å². The van der Waals surface area contributed by atoms with Gasteiger partial charge in [-0.15, -0.1) is 0 Å². The van der Waals surface area contributed by atoms with Crippen LogP contribution < -0.4 is 19.5 Å². The number of carbonyl (C=O) groups excluding carboxylic acids is 4. The number of carboxylic acid groups (broad SMARTS) is 1. The average molecular weight is 942 g/mol. The molecular formula is C53H52ClN3O11. The molecule has 68 heavy (non-hydrogen) atoms. The molecule has 0 heterocycles. The maximum absolute atomic E-state index is 14.9. The van der Waals surface area contributed by atoms with Crippen molar-refractivity contribution in [2.45, 2.75) is 57.2 Å². The number of carboxylic acids is 1. The highest BCUT2D eigenvalue weighted by molar-refractivity contribution is 6.33. The summed E-state index contributed by atoms with van der Waals surface area (Å²) < 4.78 is 27.9. The quantitative estimate of drug-likeness (QED) is 0.0523. The van der Waals surface area contributed by atoms with E-state index in [9.17, 15) is 29.1 Å². The van der Waals surface area contributed by atoms with Crippen molar-refractivity contribution in [1.29, 1.82) is 0 Å². The van der Waals surface area contributed by atoms with Crippen LogP contribution in [0, 0.1) is 0 Å². The molecule has 14 nitrogen and oxygen atoms in total. The van der Waals surface area contributed by atoms with E-state index in [4.69, 9.17) is 35.3 Å². The van der Waals surface area contributed by atoms with E-state index >= 15 is 0 Å². The minimum Gasteiger partial charge on any atom is -0.493 e. The predicted molar refractivity (Wildman–Crippen MR) is 254 cm³/mol. The van der Waals surface area contributed by atoms with Crippen LogP contribution in [0.25, 0.3) is 0 Å². The lowest BCUT2D eigenvalue weighted by Crippen LogP contribution is -2.58. The summed E-state index contributed by atoms with van der Waals surface area (Å²) in [6, 6.07) is 41.9. The van der Waals surface area contributed by atoms with Crippen molar-refractivity contribution in [3.8, 4) is 17.2 Å². The lowest BCUT2D eigenvalue weighted by atomic mass is 9.98. The number of hydrogen-bond acceptors (Lipinski definition) is 10. The maximum atomic E-state index is 14.9. The zero-order valence-corrected chi connectivity index (χ0v) is 38.5. The Labute approximate surface area is 399 Å². The highest BCUT2D eigenvalue weighted by Crippen LogP contribution is 2.39. The zero-order chi connectivity index (χ0) is 48.4. The first kappa shape index (κ1) is 49.6. The number of likely N-dealkylation sites (N-methyl/N-ethyl adjacent to an activating group) is 2. The van der Waals surface area contributed by atoms with Gasteiger partial charge in [-0.1, -0.05) is 151 Å². The summed E-state index contributed by atoms with van der Waals surface area (Å²) in [6.07, 6.45) is -2.16. The van der Waals surface area contributed by atoms with Crippen molar-refractivity contribution < 1.29 is 52.8 Å². The topological polar surface area (TPSA) is 170 Å². The van der Waals surface area contributed by atoms with Gasteiger partial charge in [-0.05, 0) is 51.6 Å². The lowest BCUT2D eigenvalue weighted by Gasteiger charge is -2.35. The number of halogens is 1. The molecule has 0 aliphatic carbocycles. The number of nitrogens with one attached hydrogen (secondary N) is 1. The first-order chi connectivity index (χ1) is 32.9. The summed E-state index contributed by atoms with van der Waals surface area (Å²) in [7, 11) is 4.24. The van der Waals surface area contributed by atoms with Crippen LogP contribution in [0.4, 0.5) is 9.59 Å². The Morgan fingerprint density at radius 3 is 1.62 bits per heavy atom. The van der Waals surface area contributed by atoms with Gasteiger partial charge in [0.05, 0.1) is 12.1 Å². The third kappa shape index (κ3) is 14.1. The van der Waals surface area contributed by atoms with Crippen LogP contribution in [0.3, 0.4) is 0 Å². The molecule has 0 radical (unpaired) electrons. The molecule has 15 heteroatoms. The summed E-state index contributed by atoms with van der Waals surface area (Å²) in [5.41, 5.74) is 3.96. The number of methoxy groups -OCH3 is 1. The summed E-state index contributed by atoms with van der Waals surface area (Å²) in [5.74, 6) is -1.98. The molecule has 352 valence electrons. The molecule has 6 rings (SSSR count). The van der Waals surface area contributed by atoms with Crippen LogP contribution in [0.5, 0.6) is 17.2 Å². The number of carbonyl (C=O) groups is 5. The SMILES string of the molecule is COc1ccc(C[C@@H](C(=O)N(C)[C@@H](Cc2ccccc2)C(=O)O)N(C)C(=O)[C@@H](Cc2ccc(OC(=O)OCc3ccccc3)cc2)NC(=O)OCc2ccccc2)c(Cl)c1OCc1ccccc1.